The molecule has 0 heterocycles. The first-order valence-corrected chi connectivity index (χ1v) is 6.84. The molecular weight excluding hydrogens is 269 g/mol. The molecule has 0 fully saturated rings. The van der Waals surface area contributed by atoms with Crippen LogP contribution in [0.5, 0.6) is 5.75 Å². The molecule has 2 rings (SSSR count). The average molecular weight is 289 g/mol. The highest BCUT2D eigenvalue weighted by molar-refractivity contribution is 5.35. The topological polar surface area (TPSA) is 32.7 Å². The monoisotopic (exact) mass is 289 g/mol. The Bertz CT molecular complexity index is 589. The van der Waals surface area contributed by atoms with E-state index >= 15 is 0 Å². The van der Waals surface area contributed by atoms with Gasteiger partial charge in [-0.1, -0.05) is 36.4 Å². The summed E-state index contributed by atoms with van der Waals surface area (Å²) in [5, 5.41) is 10.3. The fourth-order valence-corrected chi connectivity index (χ4v) is 2.32. The van der Waals surface area contributed by atoms with Gasteiger partial charge in [0.1, 0.15) is 11.6 Å². The molecule has 0 saturated carbocycles. The van der Waals surface area contributed by atoms with Crippen molar-refractivity contribution in [2.45, 2.75) is 12.6 Å². The maximum Gasteiger partial charge on any atom is 0.127 e. The van der Waals surface area contributed by atoms with Crippen LogP contribution in [0, 0.1) is 5.82 Å². The van der Waals surface area contributed by atoms with Gasteiger partial charge in [-0.25, -0.2) is 4.39 Å². The number of methoxy groups -OCH3 is 1. The predicted molar refractivity (Wildman–Crippen MR) is 80.7 cm³/mol. The van der Waals surface area contributed by atoms with Crippen molar-refractivity contribution in [3.05, 3.63) is 65.5 Å². The van der Waals surface area contributed by atoms with Gasteiger partial charge in [-0.05, 0) is 19.2 Å². The molecule has 1 atom stereocenters. The molecule has 0 aromatic heterocycles. The van der Waals surface area contributed by atoms with Crippen LogP contribution in [0.2, 0.25) is 0 Å². The van der Waals surface area contributed by atoms with Crippen LogP contribution >= 0.6 is 0 Å². The molecule has 1 N–H and O–H groups in total. The fraction of sp³-hybridized carbons (Fsp3) is 0.294. The van der Waals surface area contributed by atoms with Crippen LogP contribution in [0.1, 0.15) is 17.2 Å². The van der Waals surface area contributed by atoms with Gasteiger partial charge in [0.25, 0.3) is 0 Å². The second-order valence-electron chi connectivity index (χ2n) is 5.05. The Kier molecular flexibility index (Phi) is 5.31. The number of likely N-dealkylation sites (N-methyl/N-ethyl adjacent to an activating group) is 1. The van der Waals surface area contributed by atoms with E-state index in [0.29, 0.717) is 24.4 Å². The molecule has 0 bridgehead atoms. The number of rotatable bonds is 6. The summed E-state index contributed by atoms with van der Waals surface area (Å²) < 4.78 is 18.9. The van der Waals surface area contributed by atoms with Gasteiger partial charge >= 0.3 is 0 Å². The molecule has 3 nitrogen and oxygen atoms in total. The molecule has 0 aliphatic rings. The van der Waals surface area contributed by atoms with E-state index in [1.807, 2.05) is 42.3 Å². The minimum Gasteiger partial charge on any atom is -0.496 e. The zero-order valence-corrected chi connectivity index (χ0v) is 12.3. The molecule has 0 spiro atoms. The number of benzene rings is 2. The van der Waals surface area contributed by atoms with E-state index in [1.54, 1.807) is 19.2 Å². The summed E-state index contributed by atoms with van der Waals surface area (Å²) in [6.07, 6.45) is -0.682. The predicted octanol–water partition coefficient (Wildman–Crippen LogP) is 3.00. The molecule has 0 aliphatic carbocycles. The van der Waals surface area contributed by atoms with Crippen molar-refractivity contribution in [2.75, 3.05) is 20.7 Å². The van der Waals surface area contributed by atoms with Crippen molar-refractivity contribution >= 4 is 0 Å². The van der Waals surface area contributed by atoms with Crippen LogP contribution in [0.25, 0.3) is 0 Å². The van der Waals surface area contributed by atoms with Gasteiger partial charge < -0.3 is 9.84 Å². The second-order valence-corrected chi connectivity index (χ2v) is 5.05. The lowest BCUT2D eigenvalue weighted by atomic mass is 10.1. The van der Waals surface area contributed by atoms with E-state index in [1.165, 1.54) is 6.07 Å². The first kappa shape index (κ1) is 15.5. The Balaban J connectivity index is 2.02. The van der Waals surface area contributed by atoms with Crippen molar-refractivity contribution in [2.24, 2.45) is 0 Å². The molecule has 0 amide bonds. The summed E-state index contributed by atoms with van der Waals surface area (Å²) in [5.74, 6) is 0.431. The third-order valence-electron chi connectivity index (χ3n) is 3.38. The maximum atomic E-state index is 13.6. The molecule has 0 radical (unpaired) electrons. The summed E-state index contributed by atoms with van der Waals surface area (Å²) in [5.41, 5.74) is 1.35. The smallest absolute Gasteiger partial charge is 0.127 e. The SMILES string of the molecule is COc1ccccc1C(O)CN(C)Cc1ccccc1F. The number of nitrogens with zero attached hydrogens (tertiary/aromatic N) is 1. The van der Waals surface area contributed by atoms with Gasteiger partial charge in [-0.15, -0.1) is 0 Å². The first-order valence-electron chi connectivity index (χ1n) is 6.84. The first-order chi connectivity index (χ1) is 10.1. The van der Waals surface area contributed by atoms with E-state index < -0.39 is 6.10 Å². The van der Waals surface area contributed by atoms with Crippen molar-refractivity contribution in [3.63, 3.8) is 0 Å². The van der Waals surface area contributed by atoms with E-state index in [-0.39, 0.29) is 5.82 Å². The van der Waals surface area contributed by atoms with Crippen LogP contribution in [0.4, 0.5) is 4.39 Å². The van der Waals surface area contributed by atoms with Crippen LogP contribution in [0.3, 0.4) is 0 Å². The summed E-state index contributed by atoms with van der Waals surface area (Å²) >= 11 is 0. The Labute approximate surface area is 124 Å². The van der Waals surface area contributed by atoms with Gasteiger partial charge in [-0.2, -0.15) is 0 Å². The lowest BCUT2D eigenvalue weighted by molar-refractivity contribution is 0.120. The molecule has 0 aliphatic heterocycles. The number of para-hydroxylation sites is 1. The summed E-state index contributed by atoms with van der Waals surface area (Å²) in [7, 11) is 3.43. The highest BCUT2D eigenvalue weighted by Crippen LogP contribution is 2.25. The van der Waals surface area contributed by atoms with Crippen molar-refractivity contribution in [1.82, 2.24) is 4.90 Å². The number of hydrogen-bond acceptors (Lipinski definition) is 3. The highest BCUT2D eigenvalue weighted by atomic mass is 19.1. The molecule has 112 valence electrons. The quantitative estimate of drug-likeness (QED) is 0.887. The van der Waals surface area contributed by atoms with Crippen molar-refractivity contribution in [1.29, 1.82) is 0 Å². The molecule has 21 heavy (non-hydrogen) atoms. The molecule has 2 aromatic rings. The summed E-state index contributed by atoms with van der Waals surface area (Å²) in [6, 6.07) is 14.0. The Morgan fingerprint density at radius 1 is 1.14 bits per heavy atom. The van der Waals surface area contributed by atoms with Gasteiger partial charge in [0.2, 0.25) is 0 Å². The Morgan fingerprint density at radius 3 is 2.52 bits per heavy atom. The minimum atomic E-state index is -0.682. The standard InChI is InChI=1S/C17H20FNO2/c1-19(11-13-7-3-5-9-15(13)18)12-16(20)14-8-4-6-10-17(14)21-2/h3-10,16,20H,11-12H2,1-2H3. The minimum absolute atomic E-state index is 0.226. The van der Waals surface area contributed by atoms with E-state index in [0.717, 1.165) is 5.56 Å². The number of aliphatic hydroxyl groups is 1. The normalized spacial score (nSPS) is 12.4. The third kappa shape index (κ3) is 4.03. The van der Waals surface area contributed by atoms with Crippen molar-refractivity contribution in [3.8, 4) is 5.75 Å². The number of aliphatic hydroxyl groups excluding tert-OH is 1. The van der Waals surface area contributed by atoms with E-state index in [9.17, 15) is 9.50 Å². The average Bonchev–Trinajstić information content (AvgIpc) is 2.49. The molecule has 4 heteroatoms. The van der Waals surface area contributed by atoms with E-state index in [4.69, 9.17) is 4.74 Å². The molecule has 2 aromatic carbocycles. The van der Waals surface area contributed by atoms with Gasteiger partial charge in [0.05, 0.1) is 13.2 Å². The number of ether oxygens (including phenoxy) is 1. The Morgan fingerprint density at radius 2 is 1.81 bits per heavy atom. The van der Waals surface area contributed by atoms with E-state index in [2.05, 4.69) is 0 Å². The zero-order valence-electron chi connectivity index (χ0n) is 12.3. The Hall–Kier alpha value is -1.91. The number of halogens is 1. The molecule has 0 saturated heterocycles. The lowest BCUT2D eigenvalue weighted by Crippen LogP contribution is -2.25. The van der Waals surface area contributed by atoms with Gasteiger partial charge in [0, 0.05) is 24.2 Å². The van der Waals surface area contributed by atoms with Crippen LogP contribution in [-0.2, 0) is 6.54 Å². The summed E-state index contributed by atoms with van der Waals surface area (Å²) in [6.45, 7) is 0.841. The van der Waals surface area contributed by atoms with Crippen LogP contribution in [-0.4, -0.2) is 30.7 Å². The van der Waals surface area contributed by atoms with Crippen molar-refractivity contribution < 1.29 is 14.2 Å². The fourth-order valence-electron chi connectivity index (χ4n) is 2.32. The number of hydrogen-bond donors (Lipinski definition) is 1. The zero-order chi connectivity index (χ0) is 15.2. The van der Waals surface area contributed by atoms with Gasteiger partial charge in [-0.3, -0.25) is 4.90 Å². The maximum absolute atomic E-state index is 13.6. The molecular formula is C17H20FNO2. The largest absolute Gasteiger partial charge is 0.496 e. The van der Waals surface area contributed by atoms with Crippen LogP contribution < -0.4 is 4.74 Å². The molecule has 1 unspecified atom stereocenters. The third-order valence-corrected chi connectivity index (χ3v) is 3.38. The van der Waals surface area contributed by atoms with Crippen LogP contribution in [0.15, 0.2) is 48.5 Å². The lowest BCUT2D eigenvalue weighted by Gasteiger charge is -2.22. The second kappa shape index (κ2) is 7.20. The van der Waals surface area contributed by atoms with Gasteiger partial charge in [0.15, 0.2) is 0 Å². The summed E-state index contributed by atoms with van der Waals surface area (Å²) in [4.78, 5) is 1.88. The highest BCUT2D eigenvalue weighted by Gasteiger charge is 2.15.